The molecule has 0 bridgehead atoms. The van der Waals surface area contributed by atoms with Gasteiger partial charge in [0.25, 0.3) is 0 Å². The topological polar surface area (TPSA) is 38.4 Å². The molecule has 0 aliphatic heterocycles. The molecule has 0 atom stereocenters. The third-order valence-electron chi connectivity index (χ3n) is 1.63. The number of nitrogens with zero attached hydrogens (tertiary/aromatic N) is 1. The van der Waals surface area contributed by atoms with E-state index >= 15 is 0 Å². The van der Waals surface area contributed by atoms with E-state index < -0.39 is 0 Å². The number of alkyl halides is 1. The zero-order chi connectivity index (χ0) is 10.7. The zero-order valence-corrected chi connectivity index (χ0v) is 9.86. The number of aliphatic imine (C=N–C) groups is 1. The lowest BCUT2D eigenvalue weighted by Gasteiger charge is -2.02. The summed E-state index contributed by atoms with van der Waals surface area (Å²) in [6, 6.07) is 2.97. The number of benzene rings is 1. The highest BCUT2D eigenvalue weighted by molar-refractivity contribution is 9.10. The second-order valence-corrected chi connectivity index (χ2v) is 3.91. The second kappa shape index (κ2) is 4.75. The van der Waals surface area contributed by atoms with E-state index in [-0.39, 0.29) is 17.5 Å². The number of nitrogens with two attached hydrogens (primary N) is 1. The highest BCUT2D eigenvalue weighted by atomic mass is 79.9. The molecule has 1 aromatic carbocycles. The van der Waals surface area contributed by atoms with Crippen LogP contribution in [0.5, 0.6) is 0 Å². The van der Waals surface area contributed by atoms with E-state index in [0.29, 0.717) is 15.7 Å². The maximum atomic E-state index is 13.1. The van der Waals surface area contributed by atoms with Gasteiger partial charge in [-0.3, -0.25) is 0 Å². The van der Waals surface area contributed by atoms with E-state index in [1.807, 2.05) is 0 Å². The molecule has 5 heteroatoms. The van der Waals surface area contributed by atoms with Crippen molar-refractivity contribution in [1.82, 2.24) is 0 Å². The van der Waals surface area contributed by atoms with Gasteiger partial charge in [-0.15, -0.1) is 11.6 Å². The molecule has 0 unspecified atom stereocenters. The minimum Gasteiger partial charge on any atom is -0.386 e. The number of hydrogen-bond donors (Lipinski definition) is 1. The van der Waals surface area contributed by atoms with E-state index in [4.69, 9.17) is 17.3 Å². The molecule has 0 heterocycles. The van der Waals surface area contributed by atoms with Gasteiger partial charge >= 0.3 is 0 Å². The Bertz CT molecular complexity index is 379. The molecular weight excluding hydrogens is 270 g/mol. The Hall–Kier alpha value is -0.610. The number of halogens is 3. The van der Waals surface area contributed by atoms with Crippen molar-refractivity contribution in [3.05, 3.63) is 28.0 Å². The van der Waals surface area contributed by atoms with Crippen molar-refractivity contribution in [1.29, 1.82) is 0 Å². The van der Waals surface area contributed by atoms with E-state index in [2.05, 4.69) is 20.9 Å². The number of aryl methyl sites for hydroxylation is 1. The number of hydrogen-bond acceptors (Lipinski definition) is 1. The van der Waals surface area contributed by atoms with Crippen molar-refractivity contribution in [2.75, 3.05) is 5.88 Å². The zero-order valence-electron chi connectivity index (χ0n) is 7.52. The van der Waals surface area contributed by atoms with Crippen LogP contribution in [0.4, 0.5) is 10.1 Å². The van der Waals surface area contributed by atoms with Crippen molar-refractivity contribution in [2.45, 2.75) is 6.92 Å². The summed E-state index contributed by atoms with van der Waals surface area (Å²) in [4.78, 5) is 3.95. The molecule has 0 saturated heterocycles. The summed E-state index contributed by atoms with van der Waals surface area (Å²) in [5, 5.41) is 0. The lowest BCUT2D eigenvalue weighted by molar-refractivity contribution is 0.618. The molecule has 0 radical (unpaired) electrons. The first kappa shape index (κ1) is 11.5. The normalized spacial score (nSPS) is 11.9. The summed E-state index contributed by atoms with van der Waals surface area (Å²) in [7, 11) is 0. The first-order valence-corrected chi connectivity index (χ1v) is 5.22. The number of amidine groups is 1. The molecule has 1 rings (SSSR count). The van der Waals surface area contributed by atoms with Gasteiger partial charge in [-0.25, -0.2) is 9.38 Å². The summed E-state index contributed by atoms with van der Waals surface area (Å²) in [6.07, 6.45) is 0. The van der Waals surface area contributed by atoms with E-state index in [0.717, 1.165) is 0 Å². The van der Waals surface area contributed by atoms with Crippen molar-refractivity contribution in [3.8, 4) is 0 Å². The van der Waals surface area contributed by atoms with Crippen molar-refractivity contribution >= 4 is 39.1 Å². The summed E-state index contributed by atoms with van der Waals surface area (Å²) in [5.41, 5.74) is 6.44. The standard InChI is InChI=1S/C9H9BrClFN2/c1-5-2-6(10)8(3-7(5)12)14-9(13)4-11/h2-3H,4H2,1H3,(H2,13,14). The van der Waals surface area contributed by atoms with Crippen LogP contribution in [0.15, 0.2) is 21.6 Å². The Morgan fingerprint density at radius 1 is 1.64 bits per heavy atom. The summed E-state index contributed by atoms with van der Waals surface area (Å²) in [5.74, 6) is 0.0759. The van der Waals surface area contributed by atoms with Crippen LogP contribution in [0.25, 0.3) is 0 Å². The maximum absolute atomic E-state index is 13.1. The van der Waals surface area contributed by atoms with Crippen LogP contribution in [0.1, 0.15) is 5.56 Å². The predicted octanol–water partition coefficient (Wildman–Crippen LogP) is 3.12. The first-order chi connectivity index (χ1) is 6.54. The van der Waals surface area contributed by atoms with Crippen LogP contribution in [0, 0.1) is 12.7 Å². The molecule has 0 fully saturated rings. The highest BCUT2D eigenvalue weighted by Crippen LogP contribution is 2.28. The fourth-order valence-electron chi connectivity index (χ4n) is 0.906. The minimum absolute atomic E-state index is 0.127. The Morgan fingerprint density at radius 2 is 2.29 bits per heavy atom. The Kier molecular flexibility index (Phi) is 3.89. The molecule has 0 aromatic heterocycles. The molecular formula is C9H9BrClFN2. The predicted molar refractivity (Wildman–Crippen MR) is 60.8 cm³/mol. The minimum atomic E-state index is -0.311. The number of rotatable bonds is 2. The van der Waals surface area contributed by atoms with Gasteiger partial charge in [0.05, 0.1) is 11.6 Å². The fraction of sp³-hybridized carbons (Fsp3) is 0.222. The van der Waals surface area contributed by atoms with Crippen LogP contribution in [-0.4, -0.2) is 11.7 Å². The average Bonchev–Trinajstić information content (AvgIpc) is 2.14. The molecule has 0 aliphatic rings. The largest absolute Gasteiger partial charge is 0.386 e. The molecule has 2 nitrogen and oxygen atoms in total. The average molecular weight is 280 g/mol. The molecule has 14 heavy (non-hydrogen) atoms. The van der Waals surface area contributed by atoms with Gasteiger partial charge in [0.15, 0.2) is 0 Å². The lowest BCUT2D eigenvalue weighted by atomic mass is 10.2. The fourth-order valence-corrected chi connectivity index (χ4v) is 1.51. The molecule has 1 aromatic rings. The highest BCUT2D eigenvalue weighted by Gasteiger charge is 2.04. The maximum Gasteiger partial charge on any atom is 0.128 e. The second-order valence-electron chi connectivity index (χ2n) is 2.79. The lowest BCUT2D eigenvalue weighted by Crippen LogP contribution is -2.12. The van der Waals surface area contributed by atoms with Gasteiger partial charge in [-0.1, -0.05) is 0 Å². The third kappa shape index (κ3) is 2.69. The van der Waals surface area contributed by atoms with Crippen molar-refractivity contribution < 1.29 is 4.39 Å². The van der Waals surface area contributed by atoms with E-state index in [1.54, 1.807) is 13.0 Å². The summed E-state index contributed by atoms with van der Waals surface area (Å²) in [6.45, 7) is 1.68. The quantitative estimate of drug-likeness (QED) is 0.504. The Labute approximate surface area is 95.1 Å². The monoisotopic (exact) mass is 278 g/mol. The Balaban J connectivity index is 3.16. The van der Waals surface area contributed by atoms with Crippen LogP contribution in [-0.2, 0) is 0 Å². The van der Waals surface area contributed by atoms with Gasteiger partial charge in [0.1, 0.15) is 11.7 Å². The first-order valence-electron chi connectivity index (χ1n) is 3.89. The van der Waals surface area contributed by atoms with Gasteiger partial charge in [-0.05, 0) is 34.5 Å². The molecule has 0 saturated carbocycles. The molecule has 76 valence electrons. The smallest absolute Gasteiger partial charge is 0.128 e. The van der Waals surface area contributed by atoms with Crippen LogP contribution >= 0.6 is 27.5 Å². The molecule has 2 N–H and O–H groups in total. The van der Waals surface area contributed by atoms with Gasteiger partial charge in [0.2, 0.25) is 0 Å². The van der Waals surface area contributed by atoms with Gasteiger partial charge in [0, 0.05) is 10.5 Å². The third-order valence-corrected chi connectivity index (χ3v) is 2.54. The SMILES string of the molecule is Cc1cc(Br)c(N=C(N)CCl)cc1F. The molecule has 0 aliphatic carbocycles. The van der Waals surface area contributed by atoms with Crippen molar-refractivity contribution in [2.24, 2.45) is 10.7 Å². The Morgan fingerprint density at radius 3 is 2.86 bits per heavy atom. The van der Waals surface area contributed by atoms with Gasteiger partial charge in [-0.2, -0.15) is 0 Å². The van der Waals surface area contributed by atoms with Crippen LogP contribution in [0.3, 0.4) is 0 Å². The van der Waals surface area contributed by atoms with Crippen molar-refractivity contribution in [3.63, 3.8) is 0 Å². The van der Waals surface area contributed by atoms with E-state index in [9.17, 15) is 4.39 Å². The van der Waals surface area contributed by atoms with E-state index in [1.165, 1.54) is 6.07 Å². The molecule has 0 spiro atoms. The summed E-state index contributed by atoms with van der Waals surface area (Å²) < 4.78 is 13.8. The van der Waals surface area contributed by atoms with Crippen LogP contribution < -0.4 is 5.73 Å². The van der Waals surface area contributed by atoms with Crippen LogP contribution in [0.2, 0.25) is 0 Å². The summed E-state index contributed by atoms with van der Waals surface area (Å²) >= 11 is 8.73. The van der Waals surface area contributed by atoms with Gasteiger partial charge < -0.3 is 5.73 Å². The molecule has 0 amide bonds.